The molecule has 1 unspecified atom stereocenters. The fourth-order valence-electron chi connectivity index (χ4n) is 9.42. The Labute approximate surface area is 362 Å². The number of nitrogens with zero attached hydrogens (tertiary/aromatic N) is 7. The quantitative estimate of drug-likeness (QED) is 0.0693. The molecule has 3 aliphatic carbocycles. The number of nitrogens with one attached hydrogen (secondary N) is 3. The van der Waals surface area contributed by atoms with Crippen LogP contribution in [0, 0.1) is 11.8 Å². The summed E-state index contributed by atoms with van der Waals surface area (Å²) in [6.07, 6.45) is 11.5. The normalized spacial score (nSPS) is 22.7. The molecular formula is C45H54F2N10O6. The minimum atomic E-state index is -2.87. The van der Waals surface area contributed by atoms with Gasteiger partial charge in [0.15, 0.2) is 11.4 Å². The number of aromatic nitrogens is 6. The van der Waals surface area contributed by atoms with E-state index in [1.54, 1.807) is 34.6 Å². The maximum absolute atomic E-state index is 14.2. The van der Waals surface area contributed by atoms with Gasteiger partial charge in [-0.15, -0.1) is 0 Å². The average molecular weight is 869 g/mol. The Kier molecular flexibility index (Phi) is 12.3. The number of rotatable bonds is 17. The molecule has 0 bridgehead atoms. The summed E-state index contributed by atoms with van der Waals surface area (Å²) >= 11 is 0. The summed E-state index contributed by atoms with van der Waals surface area (Å²) in [6.45, 7) is 2.40. The van der Waals surface area contributed by atoms with E-state index in [1.165, 1.54) is 29.9 Å². The molecule has 16 nitrogen and oxygen atoms in total. The van der Waals surface area contributed by atoms with E-state index in [0.29, 0.717) is 47.8 Å². The number of benzene rings is 1. The van der Waals surface area contributed by atoms with E-state index in [0.717, 1.165) is 75.5 Å². The Hall–Kier alpha value is -5.75. The molecule has 4 aromatic heterocycles. The van der Waals surface area contributed by atoms with Crippen molar-refractivity contribution in [1.82, 2.24) is 39.1 Å². The number of fused-ring (bicyclic) bond motifs is 1. The number of para-hydroxylation sites is 1. The van der Waals surface area contributed by atoms with Crippen molar-refractivity contribution in [2.45, 2.75) is 108 Å². The molecule has 1 atom stereocenters. The van der Waals surface area contributed by atoms with Crippen molar-refractivity contribution in [2.24, 2.45) is 18.9 Å². The van der Waals surface area contributed by atoms with E-state index in [-0.39, 0.29) is 47.4 Å². The third kappa shape index (κ3) is 9.32. The van der Waals surface area contributed by atoms with Gasteiger partial charge in [0, 0.05) is 57.2 Å². The molecule has 0 radical (unpaired) electrons. The van der Waals surface area contributed by atoms with Gasteiger partial charge in [-0.05, 0) is 113 Å². The molecule has 63 heavy (non-hydrogen) atoms. The number of anilines is 2. The molecule has 5 aromatic rings. The van der Waals surface area contributed by atoms with Crippen molar-refractivity contribution >= 4 is 40.3 Å². The fraction of sp³-hybridized carbons (Fsp3) is 0.533. The van der Waals surface area contributed by atoms with Crippen LogP contribution in [0.3, 0.4) is 0 Å². The molecule has 0 spiro atoms. The molecular weight excluding hydrogens is 815 g/mol. The lowest BCUT2D eigenvalue weighted by molar-refractivity contribution is -0.135. The van der Waals surface area contributed by atoms with Crippen molar-refractivity contribution < 1.29 is 32.3 Å². The molecule has 5 heterocycles. The summed E-state index contributed by atoms with van der Waals surface area (Å²) in [4.78, 5) is 61.8. The largest absolute Gasteiger partial charge is 0.444 e. The maximum Gasteiger partial charge on any atom is 0.329 e. The number of hydrogen-bond acceptors (Lipinski definition) is 11. The van der Waals surface area contributed by atoms with Gasteiger partial charge < -0.3 is 24.7 Å². The number of carbonyl (C=O) groups is 3. The minimum absolute atomic E-state index is 0.0299. The third-order valence-corrected chi connectivity index (χ3v) is 13.3. The van der Waals surface area contributed by atoms with Gasteiger partial charge in [0.2, 0.25) is 17.7 Å². The first-order valence-electron chi connectivity index (χ1n) is 22.2. The zero-order valence-corrected chi connectivity index (χ0v) is 35.6. The lowest BCUT2D eigenvalue weighted by atomic mass is 9.83. The van der Waals surface area contributed by atoms with Crippen LogP contribution in [-0.4, -0.2) is 90.4 Å². The number of imide groups is 1. The standard InChI is InChI=1S/C45H54F2N10O6/c1-54(31-20-32(21-31)62-18-4-6-28-5-3-7-35-40(28)55(2)45(61)57(35)36-14-15-38(58)52-43(36)60)23-27-10-12-30(13-11-27)56-24-33(39(53-56)41(46)47)50-42(59)34-25-63-44(51-34)29-16-17-48-37(19-29)49-22-26-8-9-26/h3,5,7,16-17,19,24-27,30-32,36,41H,4,6,8-15,18,20-23H2,1-2H3,(H,48,49)(H,50,59)(H,52,58,60). The van der Waals surface area contributed by atoms with Gasteiger partial charge in [-0.25, -0.2) is 23.5 Å². The summed E-state index contributed by atoms with van der Waals surface area (Å²) in [5, 5.41) is 12.5. The number of aryl methyl sites for hydroxylation is 2. The molecule has 4 aliphatic rings. The smallest absolute Gasteiger partial charge is 0.329 e. The number of oxazole rings is 1. The predicted molar refractivity (Wildman–Crippen MR) is 229 cm³/mol. The summed E-state index contributed by atoms with van der Waals surface area (Å²) in [6, 6.07) is 8.97. The average Bonchev–Trinajstić information content (AvgIpc) is 3.66. The molecule has 334 valence electrons. The van der Waals surface area contributed by atoms with Crippen LogP contribution in [0.2, 0.25) is 0 Å². The summed E-state index contributed by atoms with van der Waals surface area (Å²) in [5.74, 6) is 0.645. The molecule has 4 fully saturated rings. The highest BCUT2D eigenvalue weighted by atomic mass is 19.3. The fourth-order valence-corrected chi connectivity index (χ4v) is 9.42. The van der Waals surface area contributed by atoms with Gasteiger partial charge in [-0.2, -0.15) is 5.10 Å². The highest BCUT2D eigenvalue weighted by molar-refractivity contribution is 6.03. The first-order chi connectivity index (χ1) is 30.5. The lowest BCUT2D eigenvalue weighted by Crippen LogP contribution is -2.48. The van der Waals surface area contributed by atoms with Gasteiger partial charge in [-0.1, -0.05) is 12.1 Å². The van der Waals surface area contributed by atoms with Crippen LogP contribution in [-0.2, 0) is 27.8 Å². The number of imidazole rings is 1. The molecule has 3 saturated carbocycles. The van der Waals surface area contributed by atoms with E-state index >= 15 is 0 Å². The zero-order valence-electron chi connectivity index (χ0n) is 35.6. The number of alkyl halides is 2. The number of halogens is 2. The minimum Gasteiger partial charge on any atom is -0.444 e. The number of hydrogen-bond donors (Lipinski definition) is 3. The summed E-state index contributed by atoms with van der Waals surface area (Å²) < 4.78 is 44.9. The van der Waals surface area contributed by atoms with Crippen LogP contribution >= 0.6 is 0 Å². The predicted octanol–water partition coefficient (Wildman–Crippen LogP) is 6.42. The molecule has 9 rings (SSSR count). The van der Waals surface area contributed by atoms with Crippen LogP contribution in [0.1, 0.15) is 111 Å². The van der Waals surface area contributed by atoms with Crippen LogP contribution < -0.4 is 21.6 Å². The second-order valence-electron chi connectivity index (χ2n) is 17.8. The summed E-state index contributed by atoms with van der Waals surface area (Å²) in [5.41, 5.74) is 2.34. The maximum atomic E-state index is 14.2. The molecule has 1 aromatic carbocycles. The van der Waals surface area contributed by atoms with Crippen molar-refractivity contribution in [1.29, 1.82) is 0 Å². The van der Waals surface area contributed by atoms with E-state index in [1.807, 2.05) is 18.2 Å². The Morgan fingerprint density at radius 1 is 1.06 bits per heavy atom. The van der Waals surface area contributed by atoms with Gasteiger partial charge in [-0.3, -0.25) is 33.5 Å². The van der Waals surface area contributed by atoms with Gasteiger partial charge in [0.05, 0.1) is 28.9 Å². The van der Waals surface area contributed by atoms with E-state index in [2.05, 4.69) is 43.0 Å². The highest BCUT2D eigenvalue weighted by Gasteiger charge is 2.35. The summed E-state index contributed by atoms with van der Waals surface area (Å²) in [7, 11) is 3.88. The van der Waals surface area contributed by atoms with E-state index in [9.17, 15) is 28.0 Å². The number of ether oxygens (including phenoxy) is 1. The molecule has 18 heteroatoms. The first kappa shape index (κ1) is 42.5. The van der Waals surface area contributed by atoms with E-state index < -0.39 is 30.0 Å². The Morgan fingerprint density at radius 3 is 2.62 bits per heavy atom. The van der Waals surface area contributed by atoms with E-state index in [4.69, 9.17) is 9.15 Å². The van der Waals surface area contributed by atoms with Gasteiger partial charge in [0.1, 0.15) is 18.1 Å². The third-order valence-electron chi connectivity index (χ3n) is 13.3. The number of pyridine rings is 1. The Balaban J connectivity index is 0.712. The number of piperidine rings is 1. The second-order valence-corrected chi connectivity index (χ2v) is 17.8. The van der Waals surface area contributed by atoms with Crippen molar-refractivity contribution in [2.75, 3.05) is 37.4 Å². The highest BCUT2D eigenvalue weighted by Crippen LogP contribution is 2.37. The molecule has 1 saturated heterocycles. The monoisotopic (exact) mass is 868 g/mol. The van der Waals surface area contributed by atoms with Gasteiger partial charge >= 0.3 is 5.69 Å². The van der Waals surface area contributed by atoms with Crippen LogP contribution in [0.25, 0.3) is 22.5 Å². The lowest BCUT2D eigenvalue weighted by Gasteiger charge is -2.43. The van der Waals surface area contributed by atoms with Crippen molar-refractivity contribution in [3.05, 3.63) is 76.4 Å². The Bertz CT molecular complexity index is 2530. The van der Waals surface area contributed by atoms with Crippen molar-refractivity contribution in [3.8, 4) is 11.5 Å². The first-order valence-corrected chi connectivity index (χ1v) is 22.2. The zero-order chi connectivity index (χ0) is 43.8. The van der Waals surface area contributed by atoms with Crippen LogP contribution in [0.4, 0.5) is 20.3 Å². The second kappa shape index (κ2) is 18.2. The molecule has 1 aliphatic heterocycles. The van der Waals surface area contributed by atoms with Gasteiger partial charge in [0.25, 0.3) is 12.3 Å². The van der Waals surface area contributed by atoms with Crippen LogP contribution in [0.15, 0.2) is 58.2 Å². The topological polar surface area (TPSA) is 183 Å². The Morgan fingerprint density at radius 2 is 1.86 bits per heavy atom. The molecule has 3 N–H and O–H groups in total. The van der Waals surface area contributed by atoms with Crippen molar-refractivity contribution in [3.63, 3.8) is 0 Å². The molecule has 3 amide bonds. The van der Waals surface area contributed by atoms with Crippen LogP contribution in [0.5, 0.6) is 0 Å². The SMILES string of the molecule is CN(CC1CCC(n2cc(NC(=O)c3coc(-c4ccnc(NCC5CC5)c4)n3)c(C(F)F)n2)CC1)C1CC(OCCCc2cccc3c2n(C)c(=O)n3C2CCC(=O)NC2=O)C1. The number of carbonyl (C=O) groups excluding carboxylic acids is 3. The number of amides is 3.